The monoisotopic (exact) mass is 300 g/mol. The molecule has 1 aromatic carbocycles. The van der Waals surface area contributed by atoms with Crippen LogP contribution in [0.2, 0.25) is 0 Å². The molecule has 0 spiro atoms. The van der Waals surface area contributed by atoms with E-state index >= 15 is 0 Å². The summed E-state index contributed by atoms with van der Waals surface area (Å²) >= 11 is 0. The van der Waals surface area contributed by atoms with Crippen LogP contribution < -0.4 is 0 Å². The molecule has 3 nitrogen and oxygen atoms in total. The molecule has 0 aliphatic heterocycles. The Balaban J connectivity index is 2.65. The van der Waals surface area contributed by atoms with Crippen molar-refractivity contribution in [3.8, 4) is 0 Å². The van der Waals surface area contributed by atoms with E-state index in [0.717, 1.165) is 11.1 Å². The fraction of sp³-hybridized carbons (Fsp3) is 0.316. The van der Waals surface area contributed by atoms with Crippen molar-refractivity contribution in [3.05, 3.63) is 66.8 Å². The van der Waals surface area contributed by atoms with Crippen molar-refractivity contribution in [2.75, 3.05) is 0 Å². The summed E-state index contributed by atoms with van der Waals surface area (Å²) < 4.78 is 5.38. The molecule has 0 radical (unpaired) electrons. The van der Waals surface area contributed by atoms with Crippen LogP contribution in [0.1, 0.15) is 32.3 Å². The number of benzene rings is 1. The molecule has 0 unspecified atom stereocenters. The van der Waals surface area contributed by atoms with Crippen LogP contribution in [0.25, 0.3) is 6.08 Å². The number of carbonyl (C=O) groups excluding carboxylic acids is 1. The van der Waals surface area contributed by atoms with Crippen molar-refractivity contribution in [2.45, 2.75) is 38.4 Å². The molecule has 0 fully saturated rings. The molecule has 118 valence electrons. The maximum Gasteiger partial charge on any atom is 0.331 e. The zero-order valence-corrected chi connectivity index (χ0v) is 13.3. The first-order chi connectivity index (χ1) is 10.3. The van der Waals surface area contributed by atoms with Crippen LogP contribution >= 0.6 is 0 Å². The molecule has 3 heteroatoms. The minimum Gasteiger partial charge on any atom is -0.456 e. The average Bonchev–Trinajstić information content (AvgIpc) is 2.48. The molecule has 0 aromatic heterocycles. The van der Waals surface area contributed by atoms with Crippen LogP contribution in [-0.4, -0.2) is 22.8 Å². The third-order valence-electron chi connectivity index (χ3n) is 3.27. The summed E-state index contributed by atoms with van der Waals surface area (Å²) in [5.41, 5.74) is 0.655. The first-order valence-electron chi connectivity index (χ1n) is 7.29. The molecule has 0 aliphatic carbocycles. The van der Waals surface area contributed by atoms with E-state index in [1.165, 1.54) is 6.08 Å². The number of allylic oxidation sites excluding steroid dienone is 2. The Kier molecular flexibility index (Phi) is 6.80. The van der Waals surface area contributed by atoms with Crippen LogP contribution in [0.3, 0.4) is 0 Å². The fourth-order valence-corrected chi connectivity index (χ4v) is 1.88. The molecule has 0 heterocycles. The second kappa shape index (κ2) is 8.35. The second-order valence-corrected chi connectivity index (χ2v) is 5.72. The highest BCUT2D eigenvalue weighted by molar-refractivity contribution is 5.87. The fourth-order valence-electron chi connectivity index (χ4n) is 1.88. The molecule has 1 rings (SSSR count). The zero-order valence-electron chi connectivity index (χ0n) is 13.3. The van der Waals surface area contributed by atoms with Crippen LogP contribution in [0, 0.1) is 0 Å². The lowest BCUT2D eigenvalue weighted by atomic mass is 9.95. The Morgan fingerprint density at radius 3 is 2.55 bits per heavy atom. The van der Waals surface area contributed by atoms with Gasteiger partial charge in [0, 0.05) is 6.08 Å². The van der Waals surface area contributed by atoms with Crippen molar-refractivity contribution in [1.82, 2.24) is 0 Å². The first-order valence-corrected chi connectivity index (χ1v) is 7.29. The van der Waals surface area contributed by atoms with Crippen LogP contribution in [0.5, 0.6) is 0 Å². The van der Waals surface area contributed by atoms with Gasteiger partial charge in [0.15, 0.2) is 0 Å². The molecule has 0 bridgehead atoms. The third kappa shape index (κ3) is 6.55. The first kappa shape index (κ1) is 17.9. The Hall–Kier alpha value is -2.13. The molecule has 0 aliphatic rings. The molecule has 1 aromatic rings. The summed E-state index contributed by atoms with van der Waals surface area (Å²) in [6, 6.07) is 9.49. The summed E-state index contributed by atoms with van der Waals surface area (Å²) in [7, 11) is 0. The van der Waals surface area contributed by atoms with Gasteiger partial charge in [0.2, 0.25) is 0 Å². The van der Waals surface area contributed by atoms with Gasteiger partial charge in [-0.3, -0.25) is 0 Å². The normalized spacial score (nSPS) is 12.9. The number of hydrogen-bond acceptors (Lipinski definition) is 3. The summed E-state index contributed by atoms with van der Waals surface area (Å²) in [5, 5.41) is 10.1. The van der Waals surface area contributed by atoms with Gasteiger partial charge in [-0.15, -0.1) is 0 Å². The smallest absolute Gasteiger partial charge is 0.331 e. The maximum absolute atomic E-state index is 11.9. The van der Waals surface area contributed by atoms with Gasteiger partial charge in [-0.1, -0.05) is 55.1 Å². The molecular formula is C19H24O3. The number of esters is 1. The van der Waals surface area contributed by atoms with E-state index in [0.29, 0.717) is 12.8 Å². The molecule has 22 heavy (non-hydrogen) atoms. The molecule has 0 amide bonds. The highest BCUT2D eigenvalue weighted by Crippen LogP contribution is 2.20. The lowest BCUT2D eigenvalue weighted by molar-refractivity contribution is -0.156. The predicted octanol–water partition coefficient (Wildman–Crippen LogP) is 3.90. The lowest BCUT2D eigenvalue weighted by Crippen LogP contribution is -2.39. The van der Waals surface area contributed by atoms with E-state index < -0.39 is 17.7 Å². The minimum atomic E-state index is -1.11. The van der Waals surface area contributed by atoms with Gasteiger partial charge >= 0.3 is 5.97 Å². The highest BCUT2D eigenvalue weighted by atomic mass is 16.6. The van der Waals surface area contributed by atoms with E-state index in [1.54, 1.807) is 26.0 Å². The van der Waals surface area contributed by atoms with Crippen LogP contribution in [0.15, 0.2) is 61.2 Å². The largest absolute Gasteiger partial charge is 0.456 e. The molecule has 0 saturated heterocycles. The van der Waals surface area contributed by atoms with Gasteiger partial charge in [-0.2, -0.15) is 0 Å². The predicted molar refractivity (Wildman–Crippen MR) is 90.2 cm³/mol. The number of carbonyl (C=O) groups is 1. The highest BCUT2D eigenvalue weighted by Gasteiger charge is 2.29. The summed E-state index contributed by atoms with van der Waals surface area (Å²) in [5.74, 6) is -0.472. The SMILES string of the molecule is C=CC(=C)CC[C@H](OC(=O)C=Cc1ccccc1)C(C)(C)O. The van der Waals surface area contributed by atoms with E-state index in [9.17, 15) is 9.90 Å². The Labute approximate surface area is 132 Å². The van der Waals surface area contributed by atoms with Crippen molar-refractivity contribution in [3.63, 3.8) is 0 Å². The zero-order chi connectivity index (χ0) is 16.6. The van der Waals surface area contributed by atoms with E-state index in [2.05, 4.69) is 13.2 Å². The Morgan fingerprint density at radius 2 is 2.00 bits per heavy atom. The molecule has 1 atom stereocenters. The molecular weight excluding hydrogens is 276 g/mol. The number of ether oxygens (including phenoxy) is 1. The van der Waals surface area contributed by atoms with Gasteiger partial charge in [-0.25, -0.2) is 4.79 Å². The number of aliphatic hydroxyl groups is 1. The van der Waals surface area contributed by atoms with E-state index in [4.69, 9.17) is 4.74 Å². The van der Waals surface area contributed by atoms with Gasteiger partial charge < -0.3 is 9.84 Å². The molecule has 1 N–H and O–H groups in total. The van der Waals surface area contributed by atoms with Crippen molar-refractivity contribution in [1.29, 1.82) is 0 Å². The van der Waals surface area contributed by atoms with Gasteiger partial charge in [0.1, 0.15) is 6.10 Å². The van der Waals surface area contributed by atoms with Gasteiger partial charge in [0.05, 0.1) is 5.60 Å². The van der Waals surface area contributed by atoms with Crippen molar-refractivity contribution in [2.24, 2.45) is 0 Å². The summed E-state index contributed by atoms with van der Waals surface area (Å²) in [6.07, 6.45) is 5.24. The number of rotatable bonds is 8. The standard InChI is InChI=1S/C19H24O3/c1-5-15(2)11-13-17(19(3,4)21)22-18(20)14-12-16-9-7-6-8-10-16/h5-10,12,14,17,21H,1-2,11,13H2,3-4H3/t17-/m0/s1. The Bertz CT molecular complexity index is 536. The Morgan fingerprint density at radius 1 is 1.36 bits per heavy atom. The third-order valence-corrected chi connectivity index (χ3v) is 3.27. The maximum atomic E-state index is 11.9. The molecule has 0 saturated carbocycles. The minimum absolute atomic E-state index is 0.472. The number of hydrogen-bond donors (Lipinski definition) is 1. The van der Waals surface area contributed by atoms with Gasteiger partial charge in [0.25, 0.3) is 0 Å². The second-order valence-electron chi connectivity index (χ2n) is 5.72. The van der Waals surface area contributed by atoms with Crippen LogP contribution in [0.4, 0.5) is 0 Å². The van der Waals surface area contributed by atoms with Crippen molar-refractivity contribution >= 4 is 12.0 Å². The summed E-state index contributed by atoms with van der Waals surface area (Å²) in [6.45, 7) is 10.7. The lowest BCUT2D eigenvalue weighted by Gasteiger charge is -2.28. The van der Waals surface area contributed by atoms with E-state index in [1.807, 2.05) is 30.3 Å². The van der Waals surface area contributed by atoms with Gasteiger partial charge in [-0.05, 0) is 38.3 Å². The van der Waals surface area contributed by atoms with Crippen molar-refractivity contribution < 1.29 is 14.6 Å². The topological polar surface area (TPSA) is 46.5 Å². The van der Waals surface area contributed by atoms with E-state index in [-0.39, 0.29) is 0 Å². The van der Waals surface area contributed by atoms with Crippen LogP contribution in [-0.2, 0) is 9.53 Å². The summed E-state index contributed by atoms with van der Waals surface area (Å²) in [4.78, 5) is 11.9. The quantitative estimate of drug-likeness (QED) is 0.450. The average molecular weight is 300 g/mol.